The molecule has 1 heterocycles. The Hall–Kier alpha value is -0.650. The smallest absolute Gasteiger partial charge is 0.137 e. The van der Waals surface area contributed by atoms with Gasteiger partial charge in [-0.2, -0.15) is 0 Å². The first-order valence-corrected chi connectivity index (χ1v) is 6.88. The lowest BCUT2D eigenvalue weighted by atomic mass is 10.1. The Balaban J connectivity index is 2.24. The van der Waals surface area contributed by atoms with E-state index in [1.165, 1.54) is 6.07 Å². The van der Waals surface area contributed by atoms with Gasteiger partial charge >= 0.3 is 0 Å². The average molecular weight is 317 g/mol. The van der Waals surface area contributed by atoms with Crippen LogP contribution in [-0.2, 0) is 6.54 Å². The van der Waals surface area contributed by atoms with Crippen molar-refractivity contribution in [2.45, 2.75) is 19.5 Å². The van der Waals surface area contributed by atoms with E-state index in [4.69, 9.17) is 4.74 Å². The van der Waals surface area contributed by atoms with Gasteiger partial charge in [-0.25, -0.2) is 4.39 Å². The monoisotopic (exact) mass is 316 g/mol. The molecule has 1 atom stereocenters. The van der Waals surface area contributed by atoms with Crippen molar-refractivity contribution in [1.82, 2.24) is 10.2 Å². The number of nitrogens with zero attached hydrogens (tertiary/aromatic N) is 1. The molecule has 0 aliphatic carbocycles. The molecule has 0 amide bonds. The van der Waals surface area contributed by atoms with E-state index in [-0.39, 0.29) is 5.82 Å². The van der Waals surface area contributed by atoms with Crippen molar-refractivity contribution in [3.8, 4) is 5.75 Å². The number of piperazine rings is 1. The fourth-order valence-electron chi connectivity index (χ4n) is 2.23. The van der Waals surface area contributed by atoms with E-state index in [0.29, 0.717) is 17.1 Å². The standard InChI is InChI=1S/C13H18BrFN2O/c1-9-7-16-5-6-17(9)8-10-12(18-2)4-3-11(15)13(10)14/h3-4,9,16H,5-8H2,1-2H3/t9-/m0/s1. The first-order chi connectivity index (χ1) is 8.63. The Morgan fingerprint density at radius 3 is 3.00 bits per heavy atom. The van der Waals surface area contributed by atoms with Crippen molar-refractivity contribution in [1.29, 1.82) is 0 Å². The zero-order valence-corrected chi connectivity index (χ0v) is 12.3. The van der Waals surface area contributed by atoms with Gasteiger partial charge < -0.3 is 10.1 Å². The minimum absolute atomic E-state index is 0.242. The molecule has 100 valence electrons. The Labute approximate surface area is 115 Å². The molecule has 18 heavy (non-hydrogen) atoms. The summed E-state index contributed by atoms with van der Waals surface area (Å²) in [5, 5.41) is 3.35. The number of ether oxygens (including phenoxy) is 1. The van der Waals surface area contributed by atoms with Crippen LogP contribution >= 0.6 is 15.9 Å². The Morgan fingerprint density at radius 2 is 2.33 bits per heavy atom. The molecule has 1 N–H and O–H groups in total. The van der Waals surface area contributed by atoms with Gasteiger partial charge in [0.1, 0.15) is 11.6 Å². The predicted octanol–water partition coefficient (Wildman–Crippen LogP) is 2.39. The van der Waals surface area contributed by atoms with E-state index in [0.717, 1.165) is 30.9 Å². The summed E-state index contributed by atoms with van der Waals surface area (Å²) in [6, 6.07) is 3.55. The molecule has 0 radical (unpaired) electrons. The zero-order chi connectivity index (χ0) is 13.1. The normalized spacial score (nSPS) is 21.0. The quantitative estimate of drug-likeness (QED) is 0.926. The molecule has 2 rings (SSSR count). The Morgan fingerprint density at radius 1 is 1.56 bits per heavy atom. The molecular weight excluding hydrogens is 299 g/mol. The molecule has 1 aliphatic heterocycles. The maximum absolute atomic E-state index is 13.6. The third kappa shape index (κ3) is 2.84. The molecule has 1 saturated heterocycles. The fourth-order valence-corrected chi connectivity index (χ4v) is 2.69. The van der Waals surface area contributed by atoms with Crippen LogP contribution in [0.5, 0.6) is 5.75 Å². The maximum Gasteiger partial charge on any atom is 0.137 e. The van der Waals surface area contributed by atoms with E-state index < -0.39 is 0 Å². The van der Waals surface area contributed by atoms with Crippen molar-refractivity contribution in [2.24, 2.45) is 0 Å². The molecule has 0 saturated carbocycles. The summed E-state index contributed by atoms with van der Waals surface area (Å²) >= 11 is 3.32. The molecule has 0 unspecified atom stereocenters. The van der Waals surface area contributed by atoms with Crippen molar-refractivity contribution in [3.05, 3.63) is 28.0 Å². The molecule has 1 fully saturated rings. The van der Waals surface area contributed by atoms with E-state index in [1.807, 2.05) is 0 Å². The van der Waals surface area contributed by atoms with Gasteiger partial charge in [0.15, 0.2) is 0 Å². The number of nitrogens with one attached hydrogen (secondary N) is 1. The van der Waals surface area contributed by atoms with Crippen LogP contribution in [0, 0.1) is 5.82 Å². The first kappa shape index (κ1) is 13.8. The Bertz CT molecular complexity index is 428. The van der Waals surface area contributed by atoms with E-state index in [1.54, 1.807) is 13.2 Å². The number of hydrogen-bond acceptors (Lipinski definition) is 3. The first-order valence-electron chi connectivity index (χ1n) is 6.09. The molecule has 1 aliphatic rings. The van der Waals surface area contributed by atoms with Crippen molar-refractivity contribution in [3.63, 3.8) is 0 Å². The lowest BCUT2D eigenvalue weighted by Crippen LogP contribution is -2.49. The second-order valence-electron chi connectivity index (χ2n) is 4.57. The molecule has 1 aromatic rings. The van der Waals surface area contributed by atoms with Gasteiger partial charge in [-0.3, -0.25) is 4.90 Å². The van der Waals surface area contributed by atoms with Gasteiger partial charge in [0.2, 0.25) is 0 Å². The molecule has 5 heteroatoms. The van der Waals surface area contributed by atoms with Crippen LogP contribution in [0.25, 0.3) is 0 Å². The summed E-state index contributed by atoms with van der Waals surface area (Å²) in [6.07, 6.45) is 0. The molecule has 0 aromatic heterocycles. The summed E-state index contributed by atoms with van der Waals surface area (Å²) in [6.45, 7) is 5.78. The van der Waals surface area contributed by atoms with Crippen LogP contribution in [0.4, 0.5) is 4.39 Å². The van der Waals surface area contributed by atoms with Crippen LogP contribution in [0.1, 0.15) is 12.5 Å². The number of rotatable bonds is 3. The van der Waals surface area contributed by atoms with Gasteiger partial charge in [-0.15, -0.1) is 0 Å². The number of benzene rings is 1. The minimum Gasteiger partial charge on any atom is -0.496 e. The number of methoxy groups -OCH3 is 1. The third-order valence-corrected chi connectivity index (χ3v) is 4.23. The predicted molar refractivity (Wildman–Crippen MR) is 73.4 cm³/mol. The summed E-state index contributed by atoms with van der Waals surface area (Å²) in [7, 11) is 1.62. The number of hydrogen-bond donors (Lipinski definition) is 1. The van der Waals surface area contributed by atoms with Gasteiger partial charge in [0.25, 0.3) is 0 Å². The SMILES string of the molecule is COc1ccc(F)c(Br)c1CN1CCNC[C@@H]1C. The van der Waals surface area contributed by atoms with Crippen LogP contribution in [0.2, 0.25) is 0 Å². The second kappa shape index (κ2) is 5.99. The minimum atomic E-state index is -0.242. The van der Waals surface area contributed by atoms with Crippen molar-refractivity contribution in [2.75, 3.05) is 26.7 Å². The number of halogens is 2. The van der Waals surface area contributed by atoms with E-state index in [9.17, 15) is 4.39 Å². The summed E-state index contributed by atoms with van der Waals surface area (Å²) < 4.78 is 19.4. The van der Waals surface area contributed by atoms with E-state index in [2.05, 4.69) is 33.1 Å². The van der Waals surface area contributed by atoms with Gasteiger partial charge in [-0.1, -0.05) is 0 Å². The van der Waals surface area contributed by atoms with Gasteiger partial charge in [0, 0.05) is 37.8 Å². The van der Waals surface area contributed by atoms with E-state index >= 15 is 0 Å². The zero-order valence-electron chi connectivity index (χ0n) is 10.7. The highest BCUT2D eigenvalue weighted by Gasteiger charge is 2.21. The van der Waals surface area contributed by atoms with Gasteiger partial charge in [-0.05, 0) is 35.0 Å². The lowest BCUT2D eigenvalue weighted by Gasteiger charge is -2.34. The second-order valence-corrected chi connectivity index (χ2v) is 5.36. The topological polar surface area (TPSA) is 24.5 Å². The highest BCUT2D eigenvalue weighted by atomic mass is 79.9. The lowest BCUT2D eigenvalue weighted by molar-refractivity contribution is 0.163. The summed E-state index contributed by atoms with van der Waals surface area (Å²) in [4.78, 5) is 2.33. The molecule has 3 nitrogen and oxygen atoms in total. The fraction of sp³-hybridized carbons (Fsp3) is 0.538. The molecule has 0 spiro atoms. The highest BCUT2D eigenvalue weighted by molar-refractivity contribution is 9.10. The average Bonchev–Trinajstić information content (AvgIpc) is 2.38. The maximum atomic E-state index is 13.6. The van der Waals surface area contributed by atoms with Crippen LogP contribution < -0.4 is 10.1 Å². The summed E-state index contributed by atoms with van der Waals surface area (Å²) in [5.41, 5.74) is 0.881. The van der Waals surface area contributed by atoms with Crippen molar-refractivity contribution >= 4 is 15.9 Å². The molecular formula is C13H18BrFN2O. The molecule has 0 bridgehead atoms. The van der Waals surface area contributed by atoms with Gasteiger partial charge in [0.05, 0.1) is 11.6 Å². The van der Waals surface area contributed by atoms with Crippen LogP contribution in [0.3, 0.4) is 0 Å². The van der Waals surface area contributed by atoms with Crippen LogP contribution in [-0.4, -0.2) is 37.7 Å². The van der Waals surface area contributed by atoms with Crippen molar-refractivity contribution < 1.29 is 9.13 Å². The highest BCUT2D eigenvalue weighted by Crippen LogP contribution is 2.31. The molecule has 1 aromatic carbocycles. The van der Waals surface area contributed by atoms with Crippen LogP contribution in [0.15, 0.2) is 16.6 Å². The summed E-state index contributed by atoms with van der Waals surface area (Å²) in [5.74, 6) is 0.489. The third-order valence-electron chi connectivity index (χ3n) is 3.37. The Kier molecular flexibility index (Phi) is 4.59. The largest absolute Gasteiger partial charge is 0.496 e.